The van der Waals surface area contributed by atoms with E-state index < -0.39 is 5.97 Å². The molecule has 0 aliphatic heterocycles. The van der Waals surface area contributed by atoms with Gasteiger partial charge in [0.2, 0.25) is 5.91 Å². The van der Waals surface area contributed by atoms with E-state index in [-0.39, 0.29) is 5.91 Å². The van der Waals surface area contributed by atoms with E-state index in [9.17, 15) is 9.59 Å². The molecular formula is C29H40N2O4. The molecule has 0 saturated heterocycles. The van der Waals surface area contributed by atoms with E-state index in [4.69, 9.17) is 9.47 Å². The molecule has 6 nitrogen and oxygen atoms in total. The number of ether oxygens (including phenoxy) is 2. The summed E-state index contributed by atoms with van der Waals surface area (Å²) in [6.45, 7) is 2.25. The van der Waals surface area contributed by atoms with Crippen molar-refractivity contribution in [2.45, 2.75) is 84.0 Å². The van der Waals surface area contributed by atoms with Crippen LogP contribution in [0.3, 0.4) is 0 Å². The molecule has 0 heterocycles. The molecule has 0 atom stereocenters. The molecule has 0 saturated carbocycles. The summed E-state index contributed by atoms with van der Waals surface area (Å²) >= 11 is 0. The summed E-state index contributed by atoms with van der Waals surface area (Å²) in [6, 6.07) is 13.9. The fourth-order valence-corrected chi connectivity index (χ4v) is 3.77. The van der Waals surface area contributed by atoms with Crippen molar-refractivity contribution in [3.8, 4) is 11.5 Å². The summed E-state index contributed by atoms with van der Waals surface area (Å²) < 4.78 is 10.8. The van der Waals surface area contributed by atoms with Crippen LogP contribution >= 0.6 is 0 Å². The molecule has 0 bridgehead atoms. The van der Waals surface area contributed by atoms with Crippen molar-refractivity contribution in [2.24, 2.45) is 5.10 Å². The molecule has 0 radical (unpaired) electrons. The van der Waals surface area contributed by atoms with Crippen LogP contribution in [0.1, 0.15) is 99.9 Å². The lowest BCUT2D eigenvalue weighted by Crippen LogP contribution is -2.16. The van der Waals surface area contributed by atoms with Gasteiger partial charge in [0.1, 0.15) is 0 Å². The number of hydrogen-bond donors (Lipinski definition) is 1. The van der Waals surface area contributed by atoms with E-state index in [1.54, 1.807) is 48.7 Å². The SMILES string of the molecule is CCCCCCCCCCCCCC(=O)N/N=C/c1ccc(OC(=O)c2ccccc2)c(OC)c1. The van der Waals surface area contributed by atoms with E-state index in [1.165, 1.54) is 64.9 Å². The third kappa shape index (κ3) is 11.7. The van der Waals surface area contributed by atoms with Gasteiger partial charge in [-0.1, -0.05) is 89.3 Å². The number of benzene rings is 2. The summed E-state index contributed by atoms with van der Waals surface area (Å²) in [7, 11) is 1.51. The minimum atomic E-state index is -0.458. The average Bonchev–Trinajstić information content (AvgIpc) is 2.88. The normalized spacial score (nSPS) is 10.9. The zero-order valence-corrected chi connectivity index (χ0v) is 21.3. The topological polar surface area (TPSA) is 77.0 Å². The highest BCUT2D eigenvalue weighted by Crippen LogP contribution is 2.28. The van der Waals surface area contributed by atoms with Crippen molar-refractivity contribution >= 4 is 18.1 Å². The van der Waals surface area contributed by atoms with Gasteiger partial charge in [-0.15, -0.1) is 0 Å². The summed E-state index contributed by atoms with van der Waals surface area (Å²) in [5, 5.41) is 4.04. The molecule has 0 aromatic heterocycles. The molecule has 0 aliphatic carbocycles. The zero-order valence-electron chi connectivity index (χ0n) is 21.3. The van der Waals surface area contributed by atoms with Crippen molar-refractivity contribution in [2.75, 3.05) is 7.11 Å². The molecule has 2 rings (SSSR count). The summed E-state index contributed by atoms with van der Waals surface area (Å²) in [6.07, 6.45) is 15.8. The minimum absolute atomic E-state index is 0.0856. The van der Waals surface area contributed by atoms with Gasteiger partial charge in [0.15, 0.2) is 11.5 Å². The van der Waals surface area contributed by atoms with Crippen LogP contribution in [0.5, 0.6) is 11.5 Å². The van der Waals surface area contributed by atoms with Gasteiger partial charge < -0.3 is 9.47 Å². The summed E-state index contributed by atoms with van der Waals surface area (Å²) in [5.74, 6) is 0.182. The van der Waals surface area contributed by atoms with Crippen LogP contribution in [0.2, 0.25) is 0 Å². The van der Waals surface area contributed by atoms with Gasteiger partial charge in [0, 0.05) is 6.42 Å². The number of rotatable bonds is 17. The first-order chi connectivity index (χ1) is 17.1. The highest BCUT2D eigenvalue weighted by molar-refractivity contribution is 5.91. The van der Waals surface area contributed by atoms with Crippen LogP contribution in [-0.2, 0) is 4.79 Å². The first-order valence-corrected chi connectivity index (χ1v) is 12.9. The number of nitrogens with one attached hydrogen (secondary N) is 1. The second kappa shape index (κ2) is 17.3. The molecule has 190 valence electrons. The standard InChI is InChI=1S/C29H40N2O4/c1-3-4-5-6-7-8-9-10-11-12-16-19-28(32)31-30-23-24-20-21-26(27(22-24)34-2)35-29(33)25-17-14-13-15-18-25/h13-15,17-18,20-23H,3-12,16,19H2,1-2H3,(H,31,32)/b30-23+. The summed E-state index contributed by atoms with van der Waals surface area (Å²) in [4.78, 5) is 24.3. The van der Waals surface area contributed by atoms with Crippen molar-refractivity contribution in [1.82, 2.24) is 5.43 Å². The molecule has 1 amide bonds. The van der Waals surface area contributed by atoms with Crippen LogP contribution in [-0.4, -0.2) is 25.2 Å². The largest absolute Gasteiger partial charge is 0.493 e. The van der Waals surface area contributed by atoms with Gasteiger partial charge in [-0.05, 0) is 42.3 Å². The number of esters is 1. The van der Waals surface area contributed by atoms with E-state index >= 15 is 0 Å². The van der Waals surface area contributed by atoms with E-state index in [0.29, 0.717) is 23.5 Å². The molecule has 0 spiro atoms. The Morgan fingerprint density at radius 1 is 0.829 bits per heavy atom. The Hall–Kier alpha value is -3.15. The number of carbonyl (C=O) groups excluding carboxylic acids is 2. The smallest absolute Gasteiger partial charge is 0.343 e. The fourth-order valence-electron chi connectivity index (χ4n) is 3.77. The Morgan fingerprint density at radius 2 is 1.46 bits per heavy atom. The number of unbranched alkanes of at least 4 members (excludes halogenated alkanes) is 10. The van der Waals surface area contributed by atoms with Crippen LogP contribution in [0.25, 0.3) is 0 Å². The van der Waals surface area contributed by atoms with Crippen LogP contribution in [0.15, 0.2) is 53.6 Å². The molecule has 0 unspecified atom stereocenters. The van der Waals surface area contributed by atoms with Crippen molar-refractivity contribution < 1.29 is 19.1 Å². The highest BCUT2D eigenvalue weighted by atomic mass is 16.6. The number of carbonyl (C=O) groups is 2. The lowest BCUT2D eigenvalue weighted by atomic mass is 10.1. The second-order valence-corrected chi connectivity index (χ2v) is 8.74. The van der Waals surface area contributed by atoms with Gasteiger partial charge in [-0.25, -0.2) is 10.2 Å². The number of hydrogen-bond acceptors (Lipinski definition) is 5. The molecule has 2 aromatic carbocycles. The van der Waals surface area contributed by atoms with Crippen LogP contribution in [0.4, 0.5) is 0 Å². The van der Waals surface area contributed by atoms with Gasteiger partial charge in [0.25, 0.3) is 0 Å². The van der Waals surface area contributed by atoms with E-state index in [2.05, 4.69) is 17.5 Å². The Labute approximate surface area is 210 Å². The quantitative estimate of drug-likeness (QED) is 0.0864. The maximum Gasteiger partial charge on any atom is 0.343 e. The molecule has 2 aromatic rings. The zero-order chi connectivity index (χ0) is 25.1. The predicted molar refractivity (Wildman–Crippen MR) is 141 cm³/mol. The van der Waals surface area contributed by atoms with Crippen molar-refractivity contribution in [3.63, 3.8) is 0 Å². The maximum absolute atomic E-state index is 12.3. The monoisotopic (exact) mass is 480 g/mol. The van der Waals surface area contributed by atoms with Crippen LogP contribution in [0, 0.1) is 0 Å². The third-order valence-electron chi connectivity index (χ3n) is 5.81. The molecule has 0 fully saturated rings. The second-order valence-electron chi connectivity index (χ2n) is 8.74. The molecule has 1 N–H and O–H groups in total. The van der Waals surface area contributed by atoms with Gasteiger partial charge in [0.05, 0.1) is 18.9 Å². The Morgan fingerprint density at radius 3 is 2.09 bits per heavy atom. The number of nitrogens with zero attached hydrogens (tertiary/aromatic N) is 1. The highest BCUT2D eigenvalue weighted by Gasteiger charge is 2.12. The van der Waals surface area contributed by atoms with Gasteiger partial charge in [-0.2, -0.15) is 5.10 Å². The lowest BCUT2D eigenvalue weighted by Gasteiger charge is -2.10. The number of methoxy groups -OCH3 is 1. The number of hydrazone groups is 1. The lowest BCUT2D eigenvalue weighted by molar-refractivity contribution is -0.121. The minimum Gasteiger partial charge on any atom is -0.493 e. The van der Waals surface area contributed by atoms with E-state index in [1.807, 2.05) is 6.07 Å². The predicted octanol–water partition coefficient (Wildman–Crippen LogP) is 7.07. The molecule has 35 heavy (non-hydrogen) atoms. The third-order valence-corrected chi connectivity index (χ3v) is 5.81. The maximum atomic E-state index is 12.3. The average molecular weight is 481 g/mol. The fraction of sp³-hybridized carbons (Fsp3) is 0.483. The Balaban J connectivity index is 1.64. The van der Waals surface area contributed by atoms with Crippen LogP contribution < -0.4 is 14.9 Å². The van der Waals surface area contributed by atoms with Crippen molar-refractivity contribution in [1.29, 1.82) is 0 Å². The Kier molecular flexibility index (Phi) is 13.9. The molecule has 6 heteroatoms. The molecular weight excluding hydrogens is 440 g/mol. The first-order valence-electron chi connectivity index (χ1n) is 12.9. The van der Waals surface area contributed by atoms with Gasteiger partial charge >= 0.3 is 5.97 Å². The van der Waals surface area contributed by atoms with Gasteiger partial charge in [-0.3, -0.25) is 4.79 Å². The number of amides is 1. The first kappa shape index (κ1) is 28.1. The van der Waals surface area contributed by atoms with E-state index in [0.717, 1.165) is 18.4 Å². The Bertz CT molecular complexity index is 912. The van der Waals surface area contributed by atoms with Crippen molar-refractivity contribution in [3.05, 3.63) is 59.7 Å². The molecule has 0 aliphatic rings. The summed E-state index contributed by atoms with van der Waals surface area (Å²) in [5.41, 5.74) is 3.75.